The number of nitrogens with zero attached hydrogens (tertiary/aromatic N) is 3. The molecule has 3 rings (SSSR count). The number of aliphatic hydroxyl groups is 1. The maximum Gasteiger partial charge on any atom is 0.253 e. The Kier molecular flexibility index (Phi) is 5.24. The highest BCUT2D eigenvalue weighted by molar-refractivity contribution is 5.94. The van der Waals surface area contributed by atoms with Gasteiger partial charge in [0.05, 0.1) is 11.9 Å². The van der Waals surface area contributed by atoms with Crippen molar-refractivity contribution in [2.45, 2.75) is 19.4 Å². The Bertz CT molecular complexity index is 806. The van der Waals surface area contributed by atoms with E-state index in [0.717, 1.165) is 24.3 Å². The molecule has 1 aliphatic rings. The van der Waals surface area contributed by atoms with Gasteiger partial charge in [-0.3, -0.25) is 9.78 Å². The molecule has 26 heavy (non-hydrogen) atoms. The zero-order valence-corrected chi connectivity index (χ0v) is 15.1. The van der Waals surface area contributed by atoms with Crippen LogP contribution >= 0.6 is 0 Å². The third-order valence-corrected chi connectivity index (χ3v) is 4.22. The summed E-state index contributed by atoms with van der Waals surface area (Å²) < 4.78 is 0. The van der Waals surface area contributed by atoms with Crippen LogP contribution in [-0.4, -0.2) is 52.7 Å². The van der Waals surface area contributed by atoms with Gasteiger partial charge in [-0.2, -0.15) is 0 Å². The van der Waals surface area contributed by atoms with Crippen molar-refractivity contribution in [3.8, 4) is 11.8 Å². The summed E-state index contributed by atoms with van der Waals surface area (Å²) in [5.41, 5.74) is 1.51. The van der Waals surface area contributed by atoms with E-state index >= 15 is 0 Å². The van der Waals surface area contributed by atoms with E-state index in [0.29, 0.717) is 18.7 Å². The topological polar surface area (TPSA) is 56.7 Å². The maximum atomic E-state index is 12.7. The molecule has 0 aliphatic carbocycles. The van der Waals surface area contributed by atoms with Crippen LogP contribution in [-0.2, 0) is 0 Å². The summed E-state index contributed by atoms with van der Waals surface area (Å²) >= 11 is 0. The van der Waals surface area contributed by atoms with Gasteiger partial charge in [-0.15, -0.1) is 0 Å². The molecule has 5 nitrogen and oxygen atoms in total. The minimum Gasteiger partial charge on any atom is -0.378 e. The summed E-state index contributed by atoms with van der Waals surface area (Å²) in [6.07, 6.45) is 3.61. The van der Waals surface area contributed by atoms with Crippen LogP contribution in [0.5, 0.6) is 0 Å². The fourth-order valence-electron chi connectivity index (χ4n) is 2.81. The van der Waals surface area contributed by atoms with Crippen LogP contribution in [0.1, 0.15) is 29.8 Å². The number of anilines is 1. The maximum absolute atomic E-state index is 12.7. The number of piperazine rings is 1. The third kappa shape index (κ3) is 4.62. The highest BCUT2D eigenvalue weighted by atomic mass is 16.3. The molecule has 0 radical (unpaired) electrons. The average Bonchev–Trinajstić information content (AvgIpc) is 2.66. The van der Waals surface area contributed by atoms with E-state index < -0.39 is 5.60 Å². The Balaban J connectivity index is 1.61. The molecule has 2 heterocycles. The first-order valence-electron chi connectivity index (χ1n) is 8.72. The normalized spacial score (nSPS) is 14.6. The van der Waals surface area contributed by atoms with Crippen molar-refractivity contribution in [2.24, 2.45) is 0 Å². The molecule has 0 bridgehead atoms. The number of aromatic nitrogens is 1. The number of amides is 1. The number of carbonyl (C=O) groups is 1. The zero-order valence-electron chi connectivity index (χ0n) is 15.1. The summed E-state index contributed by atoms with van der Waals surface area (Å²) in [5, 5.41) is 9.65. The molecule has 0 saturated carbocycles. The number of hydrogen-bond acceptors (Lipinski definition) is 4. The predicted molar refractivity (Wildman–Crippen MR) is 102 cm³/mol. The van der Waals surface area contributed by atoms with E-state index in [2.05, 4.69) is 21.7 Å². The second kappa shape index (κ2) is 7.59. The van der Waals surface area contributed by atoms with Gasteiger partial charge in [-0.05, 0) is 50.2 Å². The Morgan fingerprint density at radius 3 is 2.38 bits per heavy atom. The van der Waals surface area contributed by atoms with E-state index in [1.165, 1.54) is 0 Å². The summed E-state index contributed by atoms with van der Waals surface area (Å²) in [6, 6.07) is 11.2. The van der Waals surface area contributed by atoms with Crippen molar-refractivity contribution in [1.82, 2.24) is 9.88 Å². The van der Waals surface area contributed by atoms with Crippen molar-refractivity contribution >= 4 is 11.6 Å². The number of rotatable bonds is 2. The largest absolute Gasteiger partial charge is 0.378 e. The molecule has 1 saturated heterocycles. The predicted octanol–water partition coefficient (Wildman–Crippen LogP) is 2.17. The smallest absolute Gasteiger partial charge is 0.253 e. The Morgan fingerprint density at radius 2 is 1.81 bits per heavy atom. The number of benzene rings is 1. The minimum absolute atomic E-state index is 0.0397. The number of carbonyl (C=O) groups excluding carboxylic acids is 1. The van der Waals surface area contributed by atoms with Crippen molar-refractivity contribution in [2.75, 3.05) is 31.1 Å². The van der Waals surface area contributed by atoms with E-state index in [9.17, 15) is 9.90 Å². The molecule has 1 aliphatic heterocycles. The van der Waals surface area contributed by atoms with Gasteiger partial charge in [0.15, 0.2) is 0 Å². The van der Waals surface area contributed by atoms with Gasteiger partial charge >= 0.3 is 0 Å². The van der Waals surface area contributed by atoms with Crippen LogP contribution in [0.3, 0.4) is 0 Å². The first kappa shape index (κ1) is 18.0. The molecule has 2 aromatic rings. The summed E-state index contributed by atoms with van der Waals surface area (Å²) in [5.74, 6) is 5.73. The quantitative estimate of drug-likeness (QED) is 0.845. The Morgan fingerprint density at radius 1 is 1.12 bits per heavy atom. The second-order valence-electron chi connectivity index (χ2n) is 6.88. The van der Waals surface area contributed by atoms with Crippen molar-refractivity contribution in [3.05, 3.63) is 59.9 Å². The lowest BCUT2D eigenvalue weighted by molar-refractivity contribution is 0.0746. The monoisotopic (exact) mass is 349 g/mol. The first-order valence-corrected chi connectivity index (χ1v) is 8.72. The molecular weight excluding hydrogens is 326 g/mol. The lowest BCUT2D eigenvalue weighted by atomic mass is 10.1. The van der Waals surface area contributed by atoms with E-state index in [1.54, 1.807) is 32.2 Å². The van der Waals surface area contributed by atoms with Gasteiger partial charge in [0, 0.05) is 43.5 Å². The Hall–Kier alpha value is -2.84. The molecule has 1 aromatic carbocycles. The van der Waals surface area contributed by atoms with Gasteiger partial charge in [0.2, 0.25) is 0 Å². The average molecular weight is 349 g/mol. The molecule has 1 N–H and O–H groups in total. The Labute approximate surface area is 154 Å². The van der Waals surface area contributed by atoms with Crippen LogP contribution in [0.2, 0.25) is 0 Å². The van der Waals surface area contributed by atoms with Crippen molar-refractivity contribution < 1.29 is 9.90 Å². The standard InChI is InChI=1S/C21H23N3O2/c1-21(2,26)10-9-17-5-7-18(8-6-17)20(25)24-14-12-23(13-15-24)19-4-3-11-22-16-19/h3-8,11,16,26H,12-15H2,1-2H3. The minimum atomic E-state index is -1.03. The molecule has 0 atom stereocenters. The molecule has 134 valence electrons. The second-order valence-corrected chi connectivity index (χ2v) is 6.88. The lowest BCUT2D eigenvalue weighted by Crippen LogP contribution is -2.48. The molecule has 1 amide bonds. The molecule has 1 aromatic heterocycles. The van der Waals surface area contributed by atoms with Crippen molar-refractivity contribution in [1.29, 1.82) is 0 Å². The van der Waals surface area contributed by atoms with Gasteiger partial charge in [0.25, 0.3) is 5.91 Å². The van der Waals surface area contributed by atoms with Crippen LogP contribution < -0.4 is 4.90 Å². The molecule has 5 heteroatoms. The molecule has 1 fully saturated rings. The SMILES string of the molecule is CC(C)(O)C#Cc1ccc(C(=O)N2CCN(c3cccnc3)CC2)cc1. The van der Waals surface area contributed by atoms with Crippen LogP contribution in [0, 0.1) is 11.8 Å². The fourth-order valence-corrected chi connectivity index (χ4v) is 2.81. The summed E-state index contributed by atoms with van der Waals surface area (Å²) in [6.45, 7) is 6.26. The number of hydrogen-bond donors (Lipinski definition) is 1. The summed E-state index contributed by atoms with van der Waals surface area (Å²) in [7, 11) is 0. The van der Waals surface area contributed by atoms with Gasteiger partial charge in [0.1, 0.15) is 5.60 Å². The third-order valence-electron chi connectivity index (χ3n) is 4.22. The molecule has 0 unspecified atom stereocenters. The molecular formula is C21H23N3O2. The van der Waals surface area contributed by atoms with Crippen LogP contribution in [0.15, 0.2) is 48.8 Å². The first-order chi connectivity index (χ1) is 12.4. The zero-order chi connectivity index (χ0) is 18.6. The van der Waals surface area contributed by atoms with E-state index in [4.69, 9.17) is 0 Å². The fraction of sp³-hybridized carbons (Fsp3) is 0.333. The van der Waals surface area contributed by atoms with Crippen molar-refractivity contribution in [3.63, 3.8) is 0 Å². The highest BCUT2D eigenvalue weighted by Crippen LogP contribution is 2.16. The van der Waals surface area contributed by atoms with E-state index in [-0.39, 0.29) is 5.91 Å². The summed E-state index contributed by atoms with van der Waals surface area (Å²) in [4.78, 5) is 21.0. The highest BCUT2D eigenvalue weighted by Gasteiger charge is 2.22. The van der Waals surface area contributed by atoms with Gasteiger partial charge in [-0.1, -0.05) is 11.8 Å². The van der Waals surface area contributed by atoms with Crippen LogP contribution in [0.25, 0.3) is 0 Å². The molecule has 0 spiro atoms. The number of pyridine rings is 1. The van der Waals surface area contributed by atoms with Gasteiger partial charge in [-0.25, -0.2) is 0 Å². The van der Waals surface area contributed by atoms with Gasteiger partial charge < -0.3 is 14.9 Å². The van der Waals surface area contributed by atoms with Crippen LogP contribution in [0.4, 0.5) is 5.69 Å². The lowest BCUT2D eigenvalue weighted by Gasteiger charge is -2.36. The van der Waals surface area contributed by atoms with E-state index in [1.807, 2.05) is 35.4 Å².